The molecular formula is C12H25N5O4S. The summed E-state index contributed by atoms with van der Waals surface area (Å²) < 4.78 is 26.9. The summed E-state index contributed by atoms with van der Waals surface area (Å²) in [6, 6.07) is 0. The number of guanidine groups is 1. The van der Waals surface area contributed by atoms with Gasteiger partial charge in [0.05, 0.1) is 12.3 Å². The maximum atomic E-state index is 11.9. The Bertz CT molecular complexity index is 518. The normalized spacial score (nSPS) is 17.5. The lowest BCUT2D eigenvalue weighted by Gasteiger charge is -2.36. The number of aliphatic imine (C=N–C) groups is 1. The van der Waals surface area contributed by atoms with Gasteiger partial charge in [0.2, 0.25) is 10.0 Å². The summed E-state index contributed by atoms with van der Waals surface area (Å²) in [6.07, 6.45) is -0.350. The highest BCUT2D eigenvalue weighted by Gasteiger charge is 2.26. The second kappa shape index (κ2) is 7.14. The Morgan fingerprint density at radius 2 is 1.68 bits per heavy atom. The van der Waals surface area contributed by atoms with Crippen molar-refractivity contribution < 1.29 is 17.9 Å². The van der Waals surface area contributed by atoms with Crippen LogP contribution in [0, 0.1) is 0 Å². The van der Waals surface area contributed by atoms with E-state index in [-0.39, 0.29) is 24.4 Å². The molecule has 0 aromatic carbocycles. The van der Waals surface area contributed by atoms with Gasteiger partial charge in [0.15, 0.2) is 5.96 Å². The Hall–Kier alpha value is -1.55. The van der Waals surface area contributed by atoms with Gasteiger partial charge in [0.1, 0.15) is 5.60 Å². The summed E-state index contributed by atoms with van der Waals surface area (Å²) in [5, 5.41) is 4.89. The Kier molecular flexibility index (Phi) is 6.00. The summed E-state index contributed by atoms with van der Waals surface area (Å²) in [7, 11) is -3.54. The third-order valence-corrected chi connectivity index (χ3v) is 3.66. The highest BCUT2D eigenvalue weighted by atomic mass is 32.2. The SMILES string of the molecule is CC(C)(C)OC(=O)N1CCN(C(N)=NCCS(N)(=O)=O)CC1. The number of rotatable bonds is 3. The maximum Gasteiger partial charge on any atom is 0.410 e. The van der Waals surface area contributed by atoms with Crippen LogP contribution in [0.1, 0.15) is 20.8 Å². The molecule has 4 N–H and O–H groups in total. The summed E-state index contributed by atoms with van der Waals surface area (Å²) in [5.74, 6) is 0.0125. The third kappa shape index (κ3) is 6.94. The molecule has 1 fully saturated rings. The third-order valence-electron chi connectivity index (χ3n) is 2.90. The van der Waals surface area contributed by atoms with Crippen molar-refractivity contribution in [1.29, 1.82) is 0 Å². The zero-order valence-electron chi connectivity index (χ0n) is 13.3. The first kappa shape index (κ1) is 18.5. The van der Waals surface area contributed by atoms with Crippen LogP contribution < -0.4 is 10.9 Å². The van der Waals surface area contributed by atoms with Gasteiger partial charge in [0.25, 0.3) is 0 Å². The smallest absolute Gasteiger partial charge is 0.410 e. The van der Waals surface area contributed by atoms with E-state index >= 15 is 0 Å². The van der Waals surface area contributed by atoms with Crippen LogP contribution in [0.25, 0.3) is 0 Å². The molecule has 0 atom stereocenters. The lowest BCUT2D eigenvalue weighted by molar-refractivity contribution is 0.0186. The van der Waals surface area contributed by atoms with E-state index in [1.807, 2.05) is 20.8 Å². The van der Waals surface area contributed by atoms with E-state index in [0.29, 0.717) is 26.2 Å². The molecule has 0 unspecified atom stereocenters. The minimum absolute atomic E-state index is 0.0247. The molecule has 0 radical (unpaired) electrons. The molecule has 1 amide bonds. The molecule has 0 spiro atoms. The fourth-order valence-corrected chi connectivity index (χ4v) is 2.18. The van der Waals surface area contributed by atoms with E-state index in [1.165, 1.54) is 0 Å². The minimum atomic E-state index is -3.54. The summed E-state index contributed by atoms with van der Waals surface area (Å²) in [4.78, 5) is 19.3. The zero-order chi connectivity index (χ0) is 17.0. The predicted molar refractivity (Wildman–Crippen MR) is 83.8 cm³/mol. The molecule has 0 bridgehead atoms. The van der Waals surface area contributed by atoms with Crippen LogP contribution in [-0.2, 0) is 14.8 Å². The van der Waals surface area contributed by atoms with Crippen LogP contribution in [0.2, 0.25) is 0 Å². The number of sulfonamides is 1. The van der Waals surface area contributed by atoms with Crippen molar-refractivity contribution in [2.24, 2.45) is 15.9 Å². The van der Waals surface area contributed by atoms with Gasteiger partial charge in [0, 0.05) is 26.2 Å². The highest BCUT2D eigenvalue weighted by Crippen LogP contribution is 2.11. The molecule has 22 heavy (non-hydrogen) atoms. The topological polar surface area (TPSA) is 131 Å². The van der Waals surface area contributed by atoms with Crippen molar-refractivity contribution in [1.82, 2.24) is 9.80 Å². The van der Waals surface area contributed by atoms with Crippen LogP contribution in [0.3, 0.4) is 0 Å². The lowest BCUT2D eigenvalue weighted by Crippen LogP contribution is -2.53. The van der Waals surface area contributed by atoms with E-state index in [9.17, 15) is 13.2 Å². The van der Waals surface area contributed by atoms with Crippen LogP contribution in [0.4, 0.5) is 4.79 Å². The van der Waals surface area contributed by atoms with Crippen molar-refractivity contribution in [2.75, 3.05) is 38.5 Å². The van der Waals surface area contributed by atoms with Gasteiger partial charge < -0.3 is 20.3 Å². The van der Waals surface area contributed by atoms with Gasteiger partial charge in [-0.3, -0.25) is 4.99 Å². The van der Waals surface area contributed by atoms with Crippen molar-refractivity contribution in [3.8, 4) is 0 Å². The van der Waals surface area contributed by atoms with Gasteiger partial charge in [-0.25, -0.2) is 18.4 Å². The van der Waals surface area contributed by atoms with Crippen LogP contribution >= 0.6 is 0 Å². The Morgan fingerprint density at radius 3 is 2.14 bits per heavy atom. The molecule has 9 nitrogen and oxygen atoms in total. The Labute approximate surface area is 131 Å². The first-order chi connectivity index (χ1) is 9.98. The number of ether oxygens (including phenoxy) is 1. The molecule has 1 saturated heterocycles. The maximum absolute atomic E-state index is 11.9. The monoisotopic (exact) mass is 335 g/mol. The number of nitrogens with zero attached hydrogens (tertiary/aromatic N) is 3. The number of hydrogen-bond acceptors (Lipinski definition) is 5. The van der Waals surface area contributed by atoms with E-state index in [2.05, 4.69) is 4.99 Å². The largest absolute Gasteiger partial charge is 0.444 e. The standard InChI is InChI=1S/C12H25N5O4S/c1-12(2,3)21-11(18)17-7-5-16(6-8-17)10(13)15-4-9-22(14,19)20/h4-9H2,1-3H3,(H2,13,15)(H2,14,19,20). The first-order valence-corrected chi connectivity index (χ1v) is 8.73. The minimum Gasteiger partial charge on any atom is -0.444 e. The zero-order valence-corrected chi connectivity index (χ0v) is 14.1. The molecule has 1 aliphatic heterocycles. The number of carbonyl (C=O) groups excluding carboxylic acids is 1. The fourth-order valence-electron chi connectivity index (χ4n) is 1.83. The molecule has 128 valence electrons. The molecule has 0 aliphatic carbocycles. The van der Waals surface area contributed by atoms with Crippen molar-refractivity contribution in [3.05, 3.63) is 0 Å². The molecule has 1 heterocycles. The van der Waals surface area contributed by atoms with Crippen molar-refractivity contribution >= 4 is 22.1 Å². The van der Waals surface area contributed by atoms with E-state index in [1.54, 1.807) is 9.80 Å². The molecule has 0 aromatic heterocycles. The van der Waals surface area contributed by atoms with Crippen LogP contribution in [-0.4, -0.2) is 74.3 Å². The van der Waals surface area contributed by atoms with Gasteiger partial charge in [-0.15, -0.1) is 0 Å². The summed E-state index contributed by atoms with van der Waals surface area (Å²) in [5.41, 5.74) is 5.28. The molecule has 1 aliphatic rings. The number of carbonyl (C=O) groups is 1. The van der Waals surface area contributed by atoms with Crippen LogP contribution in [0.5, 0.6) is 0 Å². The molecule has 0 aromatic rings. The average Bonchev–Trinajstić information content (AvgIpc) is 2.35. The van der Waals surface area contributed by atoms with E-state index in [0.717, 1.165) is 0 Å². The summed E-state index contributed by atoms with van der Waals surface area (Å²) >= 11 is 0. The van der Waals surface area contributed by atoms with Gasteiger partial charge in [-0.2, -0.15) is 0 Å². The molecule has 10 heteroatoms. The second-order valence-corrected chi connectivity index (χ2v) is 7.80. The van der Waals surface area contributed by atoms with E-state index in [4.69, 9.17) is 15.6 Å². The molecular weight excluding hydrogens is 310 g/mol. The number of piperazine rings is 1. The van der Waals surface area contributed by atoms with Crippen molar-refractivity contribution in [3.63, 3.8) is 0 Å². The highest BCUT2D eigenvalue weighted by molar-refractivity contribution is 7.89. The van der Waals surface area contributed by atoms with E-state index < -0.39 is 15.6 Å². The fraction of sp³-hybridized carbons (Fsp3) is 0.833. The predicted octanol–water partition coefficient (Wildman–Crippen LogP) is -0.858. The van der Waals surface area contributed by atoms with Gasteiger partial charge in [-0.05, 0) is 20.8 Å². The number of amides is 1. The molecule has 0 saturated carbocycles. The number of primary sulfonamides is 1. The Balaban J connectivity index is 2.44. The lowest BCUT2D eigenvalue weighted by atomic mass is 10.2. The van der Waals surface area contributed by atoms with Crippen molar-refractivity contribution in [2.45, 2.75) is 26.4 Å². The Morgan fingerprint density at radius 1 is 1.18 bits per heavy atom. The first-order valence-electron chi connectivity index (χ1n) is 7.01. The quantitative estimate of drug-likeness (QED) is 0.510. The van der Waals surface area contributed by atoms with Crippen LogP contribution in [0.15, 0.2) is 4.99 Å². The summed E-state index contributed by atoms with van der Waals surface area (Å²) in [6.45, 7) is 7.46. The van der Waals surface area contributed by atoms with Gasteiger partial charge in [-0.1, -0.05) is 0 Å². The molecule has 1 rings (SSSR count). The number of hydrogen-bond donors (Lipinski definition) is 2. The van der Waals surface area contributed by atoms with Gasteiger partial charge >= 0.3 is 6.09 Å². The second-order valence-electron chi connectivity index (χ2n) is 6.06. The number of nitrogens with two attached hydrogens (primary N) is 2. The average molecular weight is 335 g/mol.